The minimum absolute atomic E-state index is 0.187. The fourth-order valence-electron chi connectivity index (χ4n) is 1.81. The summed E-state index contributed by atoms with van der Waals surface area (Å²) in [6.07, 6.45) is 0. The first kappa shape index (κ1) is 14.7. The molecule has 0 saturated heterocycles. The summed E-state index contributed by atoms with van der Waals surface area (Å²) in [6.45, 7) is 1.94. The van der Waals surface area contributed by atoms with Gasteiger partial charge < -0.3 is 11.1 Å². The lowest BCUT2D eigenvalue weighted by Crippen LogP contribution is -2.17. The fraction of sp³-hybridized carbons (Fsp3) is 0.0667. The molecule has 0 bridgehead atoms. The number of hydrogen-bond donors (Lipinski definition) is 2. The van der Waals surface area contributed by atoms with Gasteiger partial charge in [-0.3, -0.25) is 4.79 Å². The normalized spacial score (nSPS) is 10.1. The van der Waals surface area contributed by atoms with Crippen LogP contribution in [-0.4, -0.2) is 10.9 Å². The smallest absolute Gasteiger partial charge is 0.255 e. The molecule has 0 unspecified atom stereocenters. The van der Waals surface area contributed by atoms with Gasteiger partial charge in [-0.05, 0) is 37.3 Å². The van der Waals surface area contributed by atoms with Gasteiger partial charge in [0.2, 0.25) is 0 Å². The minimum Gasteiger partial charge on any atom is -0.389 e. The summed E-state index contributed by atoms with van der Waals surface area (Å²) in [5.41, 5.74) is 8.55. The van der Waals surface area contributed by atoms with Crippen molar-refractivity contribution >= 4 is 44.7 Å². The highest BCUT2D eigenvalue weighted by atomic mass is 79.9. The number of nitrogens with two attached hydrogens (primary N) is 1. The molecular formula is C15H13BrN2OS. The number of hydrogen-bond acceptors (Lipinski definition) is 2. The molecule has 3 nitrogen and oxygen atoms in total. The number of carbonyl (C=O) groups excluding carboxylic acids is 1. The molecule has 0 saturated carbocycles. The van der Waals surface area contributed by atoms with Crippen LogP contribution in [0.3, 0.4) is 0 Å². The highest BCUT2D eigenvalue weighted by molar-refractivity contribution is 9.10. The second-order valence-corrected chi connectivity index (χ2v) is 5.73. The third-order valence-corrected chi connectivity index (χ3v) is 3.49. The number of thiocarbonyl (C=S) groups is 1. The first-order chi connectivity index (χ1) is 9.47. The number of nitrogens with one attached hydrogen (secondary N) is 1. The molecule has 0 fully saturated rings. The van der Waals surface area contributed by atoms with Crippen LogP contribution in [0.25, 0.3) is 0 Å². The van der Waals surface area contributed by atoms with Crippen molar-refractivity contribution in [3.63, 3.8) is 0 Å². The lowest BCUT2D eigenvalue weighted by molar-refractivity contribution is 0.102. The summed E-state index contributed by atoms with van der Waals surface area (Å²) in [4.78, 5) is 12.5. The van der Waals surface area contributed by atoms with Gasteiger partial charge in [0.1, 0.15) is 4.99 Å². The van der Waals surface area contributed by atoms with Crippen LogP contribution in [0.15, 0.2) is 46.9 Å². The van der Waals surface area contributed by atoms with E-state index in [1.54, 1.807) is 18.2 Å². The maximum absolute atomic E-state index is 12.2. The Morgan fingerprint density at radius 2 is 2.00 bits per heavy atom. The summed E-state index contributed by atoms with van der Waals surface area (Å²) in [5, 5.41) is 2.84. The molecule has 0 aliphatic heterocycles. The Morgan fingerprint density at radius 1 is 1.25 bits per heavy atom. The zero-order chi connectivity index (χ0) is 14.7. The molecule has 0 radical (unpaired) electrons. The van der Waals surface area contributed by atoms with Crippen molar-refractivity contribution in [3.05, 3.63) is 63.6 Å². The second-order valence-electron chi connectivity index (χ2n) is 4.38. The third kappa shape index (κ3) is 3.43. The number of amides is 1. The van der Waals surface area contributed by atoms with Gasteiger partial charge in [-0.15, -0.1) is 0 Å². The number of halogens is 1. The largest absolute Gasteiger partial charge is 0.389 e. The van der Waals surface area contributed by atoms with Crippen LogP contribution in [0.4, 0.5) is 5.69 Å². The second kappa shape index (κ2) is 6.15. The maximum Gasteiger partial charge on any atom is 0.255 e. The van der Waals surface area contributed by atoms with Gasteiger partial charge in [0.15, 0.2) is 0 Å². The van der Waals surface area contributed by atoms with E-state index in [1.165, 1.54) is 0 Å². The molecule has 2 rings (SSSR count). The molecule has 0 aliphatic carbocycles. The average molecular weight is 349 g/mol. The molecule has 1 amide bonds. The van der Waals surface area contributed by atoms with Crippen molar-refractivity contribution in [2.75, 3.05) is 5.32 Å². The highest BCUT2D eigenvalue weighted by Crippen LogP contribution is 2.22. The maximum atomic E-state index is 12.2. The molecule has 0 aromatic heterocycles. The van der Waals surface area contributed by atoms with Gasteiger partial charge in [0.05, 0.1) is 5.69 Å². The predicted molar refractivity (Wildman–Crippen MR) is 89.2 cm³/mol. The number of benzene rings is 2. The summed E-state index contributed by atoms with van der Waals surface area (Å²) in [5.74, 6) is -0.187. The van der Waals surface area contributed by atoms with Crippen molar-refractivity contribution in [3.8, 4) is 0 Å². The summed E-state index contributed by atoms with van der Waals surface area (Å²) in [7, 11) is 0. The van der Waals surface area contributed by atoms with E-state index in [-0.39, 0.29) is 10.9 Å². The third-order valence-electron chi connectivity index (χ3n) is 2.78. The minimum atomic E-state index is -0.187. The van der Waals surface area contributed by atoms with Crippen molar-refractivity contribution in [1.82, 2.24) is 0 Å². The van der Waals surface area contributed by atoms with E-state index in [9.17, 15) is 4.79 Å². The topological polar surface area (TPSA) is 55.1 Å². The Morgan fingerprint density at radius 3 is 2.65 bits per heavy atom. The number of carbonyl (C=O) groups is 1. The molecule has 5 heteroatoms. The quantitative estimate of drug-likeness (QED) is 0.832. The molecule has 2 aromatic carbocycles. The molecule has 0 spiro atoms. The van der Waals surface area contributed by atoms with Crippen LogP contribution in [0.5, 0.6) is 0 Å². The molecule has 0 aliphatic rings. The van der Waals surface area contributed by atoms with Crippen LogP contribution in [-0.2, 0) is 0 Å². The van der Waals surface area contributed by atoms with Crippen LogP contribution in [0.2, 0.25) is 0 Å². The Labute approximate surface area is 131 Å². The van der Waals surface area contributed by atoms with E-state index in [1.807, 2.05) is 31.2 Å². The van der Waals surface area contributed by atoms with Gasteiger partial charge in [0.25, 0.3) is 5.91 Å². The van der Waals surface area contributed by atoms with Gasteiger partial charge in [-0.1, -0.05) is 45.8 Å². The fourth-order valence-corrected chi connectivity index (χ4v) is 2.34. The summed E-state index contributed by atoms with van der Waals surface area (Å²) < 4.78 is 0.855. The molecule has 0 atom stereocenters. The van der Waals surface area contributed by atoms with Gasteiger partial charge in [0, 0.05) is 15.6 Å². The first-order valence-corrected chi connectivity index (χ1v) is 7.15. The molecule has 0 heterocycles. The zero-order valence-corrected chi connectivity index (χ0v) is 13.2. The van der Waals surface area contributed by atoms with Crippen molar-refractivity contribution in [2.24, 2.45) is 5.73 Å². The van der Waals surface area contributed by atoms with Crippen molar-refractivity contribution < 1.29 is 4.79 Å². The van der Waals surface area contributed by atoms with E-state index in [0.717, 1.165) is 10.0 Å². The Bertz CT molecular complexity index is 685. The van der Waals surface area contributed by atoms with E-state index >= 15 is 0 Å². The number of rotatable bonds is 3. The van der Waals surface area contributed by atoms with Crippen LogP contribution >= 0.6 is 28.1 Å². The average Bonchev–Trinajstić information content (AvgIpc) is 2.40. The SMILES string of the molecule is Cc1cccc(C(=O)Nc2ccc(Br)cc2C(N)=S)c1. The number of aryl methyl sites for hydroxylation is 1. The van der Waals surface area contributed by atoms with Crippen LogP contribution < -0.4 is 11.1 Å². The van der Waals surface area contributed by atoms with E-state index in [2.05, 4.69) is 21.2 Å². The lowest BCUT2D eigenvalue weighted by atomic mass is 10.1. The monoisotopic (exact) mass is 348 g/mol. The van der Waals surface area contributed by atoms with Crippen LogP contribution in [0, 0.1) is 6.92 Å². The van der Waals surface area contributed by atoms with E-state index in [0.29, 0.717) is 16.8 Å². The van der Waals surface area contributed by atoms with Gasteiger partial charge >= 0.3 is 0 Å². The van der Waals surface area contributed by atoms with Gasteiger partial charge in [-0.25, -0.2) is 0 Å². The van der Waals surface area contributed by atoms with Gasteiger partial charge in [-0.2, -0.15) is 0 Å². The molecule has 102 valence electrons. The first-order valence-electron chi connectivity index (χ1n) is 5.95. The lowest BCUT2D eigenvalue weighted by Gasteiger charge is -2.11. The van der Waals surface area contributed by atoms with Crippen molar-refractivity contribution in [2.45, 2.75) is 6.92 Å². The Kier molecular flexibility index (Phi) is 4.52. The molecular weight excluding hydrogens is 336 g/mol. The summed E-state index contributed by atoms with van der Waals surface area (Å²) >= 11 is 8.36. The Hall–Kier alpha value is -1.72. The Balaban J connectivity index is 2.30. The van der Waals surface area contributed by atoms with Crippen molar-refractivity contribution in [1.29, 1.82) is 0 Å². The summed E-state index contributed by atoms with van der Waals surface area (Å²) in [6, 6.07) is 12.8. The van der Waals surface area contributed by atoms with E-state index < -0.39 is 0 Å². The van der Waals surface area contributed by atoms with Crippen LogP contribution in [0.1, 0.15) is 21.5 Å². The molecule has 3 N–H and O–H groups in total. The number of anilines is 1. The van der Waals surface area contributed by atoms with E-state index in [4.69, 9.17) is 18.0 Å². The standard InChI is InChI=1S/C15H13BrN2OS/c1-9-3-2-4-10(7-9)15(19)18-13-6-5-11(16)8-12(13)14(17)20/h2-8H,1H3,(H2,17,20)(H,18,19). The predicted octanol–water partition coefficient (Wildman–Crippen LogP) is 3.64. The highest BCUT2D eigenvalue weighted by Gasteiger charge is 2.11. The zero-order valence-electron chi connectivity index (χ0n) is 10.8. The molecule has 2 aromatic rings. The molecule has 20 heavy (non-hydrogen) atoms.